The van der Waals surface area contributed by atoms with Gasteiger partial charge in [0.2, 0.25) is 6.10 Å². The predicted molar refractivity (Wildman–Crippen MR) is 97.0 cm³/mol. The Hall–Kier alpha value is -2.24. The Morgan fingerprint density at radius 2 is 1.39 bits per heavy atom. The molecule has 0 aliphatic rings. The van der Waals surface area contributed by atoms with Crippen molar-refractivity contribution in [1.29, 1.82) is 0 Å². The molecule has 4 aromatic rings. The molecule has 0 bridgehead atoms. The number of allylic oxidation sites excluding steroid dienone is 1. The molecule has 0 unspecified atom stereocenters. The maximum absolute atomic E-state index is 5.98. The molecule has 0 atom stereocenters. The SMILES string of the molecule is C=C(C)OC(c1nc2ccccc2s1)c1nc2ccccc2s1. The maximum Gasteiger partial charge on any atom is 0.201 e. The van der Waals surface area contributed by atoms with E-state index in [4.69, 9.17) is 14.7 Å². The Labute approximate surface area is 141 Å². The van der Waals surface area contributed by atoms with Crippen molar-refractivity contribution in [3.63, 3.8) is 0 Å². The molecule has 4 rings (SSSR count). The van der Waals surface area contributed by atoms with Crippen molar-refractivity contribution >= 4 is 43.1 Å². The van der Waals surface area contributed by atoms with Crippen molar-refractivity contribution in [2.75, 3.05) is 0 Å². The van der Waals surface area contributed by atoms with E-state index in [1.54, 1.807) is 22.7 Å². The highest BCUT2D eigenvalue weighted by atomic mass is 32.1. The van der Waals surface area contributed by atoms with Crippen LogP contribution in [0, 0.1) is 0 Å². The number of aromatic nitrogens is 2. The first-order chi connectivity index (χ1) is 11.2. The van der Waals surface area contributed by atoms with Crippen LogP contribution in [0.15, 0.2) is 60.9 Å². The van der Waals surface area contributed by atoms with Crippen LogP contribution >= 0.6 is 22.7 Å². The summed E-state index contributed by atoms with van der Waals surface area (Å²) in [6.45, 7) is 5.74. The number of benzene rings is 2. The molecule has 0 radical (unpaired) electrons. The Morgan fingerprint density at radius 1 is 0.913 bits per heavy atom. The summed E-state index contributed by atoms with van der Waals surface area (Å²) in [7, 11) is 0. The Balaban J connectivity index is 1.84. The standard InChI is InChI=1S/C18H14N2OS2/c1-11(2)21-16(17-19-12-7-3-5-9-14(12)22-17)18-20-13-8-4-6-10-15(13)23-18/h3-10,16H,1H2,2H3. The Bertz CT molecular complexity index is 862. The van der Waals surface area contributed by atoms with E-state index in [-0.39, 0.29) is 6.10 Å². The van der Waals surface area contributed by atoms with Crippen molar-refractivity contribution in [3.8, 4) is 0 Å². The number of fused-ring (bicyclic) bond motifs is 2. The smallest absolute Gasteiger partial charge is 0.201 e. The van der Waals surface area contributed by atoms with Gasteiger partial charge >= 0.3 is 0 Å². The van der Waals surface area contributed by atoms with Crippen LogP contribution in [0.25, 0.3) is 20.4 Å². The van der Waals surface area contributed by atoms with E-state index in [1.807, 2.05) is 43.3 Å². The molecule has 0 amide bonds. The second kappa shape index (κ2) is 5.76. The number of para-hydroxylation sites is 2. The van der Waals surface area contributed by atoms with E-state index in [1.165, 1.54) is 0 Å². The van der Waals surface area contributed by atoms with Crippen molar-refractivity contribution in [3.05, 3.63) is 70.9 Å². The quantitative estimate of drug-likeness (QED) is 0.458. The van der Waals surface area contributed by atoms with E-state index >= 15 is 0 Å². The number of rotatable bonds is 4. The van der Waals surface area contributed by atoms with Crippen LogP contribution in [0.1, 0.15) is 23.0 Å². The molecule has 2 aromatic heterocycles. The largest absolute Gasteiger partial charge is 0.481 e. The molecule has 3 nitrogen and oxygen atoms in total. The van der Waals surface area contributed by atoms with E-state index in [0.717, 1.165) is 30.4 Å². The molecule has 0 saturated heterocycles. The van der Waals surface area contributed by atoms with E-state index < -0.39 is 0 Å². The topological polar surface area (TPSA) is 35.0 Å². The Morgan fingerprint density at radius 3 is 1.83 bits per heavy atom. The van der Waals surface area contributed by atoms with Gasteiger partial charge in [-0.25, -0.2) is 9.97 Å². The molecule has 2 aromatic carbocycles. The number of nitrogens with zero attached hydrogens (tertiary/aromatic N) is 2. The molecular formula is C18H14N2OS2. The minimum Gasteiger partial charge on any atom is -0.481 e. The van der Waals surface area contributed by atoms with Crippen molar-refractivity contribution < 1.29 is 4.74 Å². The maximum atomic E-state index is 5.98. The fourth-order valence-corrected chi connectivity index (χ4v) is 4.49. The second-order valence-corrected chi connectivity index (χ2v) is 7.36. The van der Waals surface area contributed by atoms with Gasteiger partial charge in [-0.15, -0.1) is 22.7 Å². The normalized spacial score (nSPS) is 11.4. The molecular weight excluding hydrogens is 324 g/mol. The van der Waals surface area contributed by atoms with Gasteiger partial charge in [0.25, 0.3) is 0 Å². The summed E-state index contributed by atoms with van der Waals surface area (Å²) in [6.07, 6.45) is -0.303. The van der Waals surface area contributed by atoms with Crippen molar-refractivity contribution in [2.45, 2.75) is 13.0 Å². The average molecular weight is 338 g/mol. The lowest BCUT2D eigenvalue weighted by molar-refractivity contribution is 0.153. The van der Waals surface area contributed by atoms with Gasteiger partial charge in [0.1, 0.15) is 10.0 Å². The van der Waals surface area contributed by atoms with Crippen LogP contribution in [0.5, 0.6) is 0 Å². The van der Waals surface area contributed by atoms with Gasteiger partial charge in [0.05, 0.1) is 26.2 Å². The van der Waals surface area contributed by atoms with Gasteiger partial charge in [-0.05, 0) is 31.2 Å². The third-order valence-electron chi connectivity index (χ3n) is 3.39. The van der Waals surface area contributed by atoms with Gasteiger partial charge in [0.15, 0.2) is 0 Å². The minimum absolute atomic E-state index is 0.303. The molecule has 0 fully saturated rings. The van der Waals surface area contributed by atoms with E-state index in [9.17, 15) is 0 Å². The van der Waals surface area contributed by atoms with Gasteiger partial charge in [-0.3, -0.25) is 0 Å². The molecule has 114 valence electrons. The lowest BCUT2D eigenvalue weighted by Gasteiger charge is -2.14. The third kappa shape index (κ3) is 2.73. The predicted octanol–water partition coefficient (Wildman–Crippen LogP) is 5.55. The zero-order chi connectivity index (χ0) is 15.8. The molecule has 2 heterocycles. The molecule has 23 heavy (non-hydrogen) atoms. The summed E-state index contributed by atoms with van der Waals surface area (Å²) in [6, 6.07) is 16.2. The molecule has 5 heteroatoms. The monoisotopic (exact) mass is 338 g/mol. The lowest BCUT2D eigenvalue weighted by Crippen LogP contribution is -2.04. The first-order valence-electron chi connectivity index (χ1n) is 7.24. The zero-order valence-electron chi connectivity index (χ0n) is 12.5. The molecule has 0 aliphatic carbocycles. The first kappa shape index (κ1) is 14.4. The van der Waals surface area contributed by atoms with Crippen LogP contribution in [-0.4, -0.2) is 9.97 Å². The average Bonchev–Trinajstić information content (AvgIpc) is 3.15. The van der Waals surface area contributed by atoms with Crippen LogP contribution in [0.2, 0.25) is 0 Å². The minimum atomic E-state index is -0.303. The van der Waals surface area contributed by atoms with E-state index in [0.29, 0.717) is 5.76 Å². The third-order valence-corrected chi connectivity index (χ3v) is 5.55. The Kier molecular flexibility index (Phi) is 3.59. The number of thiazole rings is 2. The molecule has 0 aliphatic heterocycles. The lowest BCUT2D eigenvalue weighted by atomic mass is 10.3. The fraction of sp³-hybridized carbons (Fsp3) is 0.111. The van der Waals surface area contributed by atoms with Gasteiger partial charge < -0.3 is 4.74 Å². The molecule has 0 N–H and O–H groups in total. The summed E-state index contributed by atoms with van der Waals surface area (Å²) in [5.74, 6) is 0.661. The number of hydrogen-bond acceptors (Lipinski definition) is 5. The van der Waals surface area contributed by atoms with Crippen LogP contribution in [0.3, 0.4) is 0 Å². The van der Waals surface area contributed by atoms with Gasteiger partial charge in [-0.1, -0.05) is 30.8 Å². The number of ether oxygens (including phenoxy) is 1. The van der Waals surface area contributed by atoms with Crippen LogP contribution in [-0.2, 0) is 4.74 Å². The highest BCUT2D eigenvalue weighted by molar-refractivity contribution is 7.20. The van der Waals surface area contributed by atoms with Crippen molar-refractivity contribution in [1.82, 2.24) is 9.97 Å². The van der Waals surface area contributed by atoms with Gasteiger partial charge in [-0.2, -0.15) is 0 Å². The summed E-state index contributed by atoms with van der Waals surface area (Å²) in [5.41, 5.74) is 1.98. The summed E-state index contributed by atoms with van der Waals surface area (Å²) >= 11 is 3.28. The summed E-state index contributed by atoms with van der Waals surface area (Å²) in [5, 5.41) is 1.82. The molecule has 0 spiro atoms. The van der Waals surface area contributed by atoms with Crippen LogP contribution in [0.4, 0.5) is 0 Å². The van der Waals surface area contributed by atoms with Crippen LogP contribution < -0.4 is 0 Å². The highest BCUT2D eigenvalue weighted by Crippen LogP contribution is 2.37. The fourth-order valence-electron chi connectivity index (χ4n) is 2.41. The summed E-state index contributed by atoms with van der Waals surface area (Å²) in [4.78, 5) is 9.46. The van der Waals surface area contributed by atoms with E-state index in [2.05, 4.69) is 18.7 Å². The molecule has 0 saturated carbocycles. The zero-order valence-corrected chi connectivity index (χ0v) is 14.2. The second-order valence-electron chi connectivity index (χ2n) is 5.24. The first-order valence-corrected chi connectivity index (χ1v) is 8.87. The summed E-state index contributed by atoms with van der Waals surface area (Å²) < 4.78 is 8.29. The van der Waals surface area contributed by atoms with Crippen molar-refractivity contribution in [2.24, 2.45) is 0 Å². The highest BCUT2D eigenvalue weighted by Gasteiger charge is 2.24. The number of hydrogen-bond donors (Lipinski definition) is 0. The van der Waals surface area contributed by atoms with Gasteiger partial charge in [0, 0.05) is 0 Å².